The summed E-state index contributed by atoms with van der Waals surface area (Å²) in [5.41, 5.74) is -1.00. The normalized spacial score (nSPS) is 46.2. The number of hydrogen-bond donors (Lipinski definition) is 1. The van der Waals surface area contributed by atoms with Gasteiger partial charge in [-0.3, -0.25) is 9.59 Å². The molecule has 4 aliphatic rings. The van der Waals surface area contributed by atoms with Crippen molar-refractivity contribution in [3.05, 3.63) is 0 Å². The van der Waals surface area contributed by atoms with Crippen LogP contribution in [0.2, 0.25) is 0 Å². The van der Waals surface area contributed by atoms with E-state index in [0.717, 1.165) is 31.1 Å². The Labute approximate surface area is 181 Å². The zero-order valence-corrected chi connectivity index (χ0v) is 19.2. The molecular weight excluding hydrogens is 380 g/mol. The first-order valence-corrected chi connectivity index (χ1v) is 12.1. The van der Waals surface area contributed by atoms with Crippen molar-refractivity contribution < 1.29 is 24.2 Å². The van der Waals surface area contributed by atoms with E-state index in [1.165, 1.54) is 52.4 Å². The van der Waals surface area contributed by atoms with Gasteiger partial charge in [-0.2, -0.15) is 0 Å². The standard InChI is InChI=1S/C25H40O5/c1-16(26)29-15-22(30-17(2)27)25(28)14-11-21-19-9-8-18-7-5-6-12-23(18,3)20(19)10-13-24(21,25)4/h18-22,28H,5-15H2,1-4H3/t18-,19-,20+,21-,22+,23+,24-,25+/m1/s1. The summed E-state index contributed by atoms with van der Waals surface area (Å²) in [4.78, 5) is 23.2. The highest BCUT2D eigenvalue weighted by atomic mass is 16.6. The lowest BCUT2D eigenvalue weighted by Crippen LogP contribution is -2.61. The number of carbonyl (C=O) groups is 2. The van der Waals surface area contributed by atoms with Crippen LogP contribution < -0.4 is 0 Å². The maximum Gasteiger partial charge on any atom is 0.303 e. The van der Waals surface area contributed by atoms with Gasteiger partial charge in [-0.25, -0.2) is 0 Å². The molecule has 0 heterocycles. The van der Waals surface area contributed by atoms with Crippen LogP contribution in [0.15, 0.2) is 0 Å². The van der Waals surface area contributed by atoms with Crippen LogP contribution in [0, 0.1) is 34.5 Å². The number of ether oxygens (including phenoxy) is 2. The highest BCUT2D eigenvalue weighted by Gasteiger charge is 2.67. The summed E-state index contributed by atoms with van der Waals surface area (Å²) in [6.07, 6.45) is 11.0. The fourth-order valence-corrected chi connectivity index (χ4v) is 8.54. The van der Waals surface area contributed by atoms with Gasteiger partial charge in [0.25, 0.3) is 0 Å². The van der Waals surface area contributed by atoms with Crippen LogP contribution in [-0.2, 0) is 19.1 Å². The predicted octanol–water partition coefficient (Wildman–Crippen LogP) is 4.65. The molecule has 0 spiro atoms. The molecule has 170 valence electrons. The Bertz CT molecular complexity index is 691. The molecule has 0 bridgehead atoms. The first-order chi connectivity index (χ1) is 14.1. The molecule has 0 aromatic heterocycles. The predicted molar refractivity (Wildman–Crippen MR) is 113 cm³/mol. The maximum atomic E-state index is 12.0. The van der Waals surface area contributed by atoms with Gasteiger partial charge in [0.1, 0.15) is 12.2 Å². The number of aliphatic hydroxyl groups is 1. The molecule has 0 unspecified atom stereocenters. The van der Waals surface area contributed by atoms with E-state index in [4.69, 9.17) is 9.47 Å². The Morgan fingerprint density at radius 2 is 1.67 bits per heavy atom. The first kappa shape index (κ1) is 22.1. The van der Waals surface area contributed by atoms with Crippen molar-refractivity contribution in [2.75, 3.05) is 6.61 Å². The second-order valence-electron chi connectivity index (χ2n) is 11.2. The summed E-state index contributed by atoms with van der Waals surface area (Å²) in [6.45, 7) is 7.41. The zero-order chi connectivity index (χ0) is 21.7. The molecule has 4 rings (SSSR count). The molecule has 0 aromatic rings. The van der Waals surface area contributed by atoms with Crippen LogP contribution in [0.25, 0.3) is 0 Å². The molecule has 0 aliphatic heterocycles. The molecule has 4 fully saturated rings. The summed E-state index contributed by atoms with van der Waals surface area (Å²) in [5, 5.41) is 12.0. The van der Waals surface area contributed by atoms with Crippen molar-refractivity contribution in [2.45, 2.75) is 104 Å². The van der Waals surface area contributed by atoms with Crippen LogP contribution in [0.4, 0.5) is 0 Å². The summed E-state index contributed by atoms with van der Waals surface area (Å²) < 4.78 is 10.8. The summed E-state index contributed by atoms with van der Waals surface area (Å²) in [6, 6.07) is 0. The molecule has 4 saturated carbocycles. The van der Waals surface area contributed by atoms with Gasteiger partial charge in [-0.15, -0.1) is 0 Å². The van der Waals surface area contributed by atoms with Crippen molar-refractivity contribution >= 4 is 11.9 Å². The van der Waals surface area contributed by atoms with Crippen LogP contribution in [0.3, 0.4) is 0 Å². The molecule has 5 nitrogen and oxygen atoms in total. The van der Waals surface area contributed by atoms with Gasteiger partial charge in [0.15, 0.2) is 6.10 Å². The highest BCUT2D eigenvalue weighted by Crippen LogP contribution is 2.68. The van der Waals surface area contributed by atoms with E-state index in [1.807, 2.05) is 0 Å². The smallest absolute Gasteiger partial charge is 0.303 e. The SMILES string of the molecule is CC(=O)OC[C@H](OC(C)=O)[C@@]1(O)CC[C@@H]2[C@@H]3CC[C@H]4CCCC[C@]4(C)[C@H]3CC[C@]21C. The van der Waals surface area contributed by atoms with E-state index >= 15 is 0 Å². The number of esters is 2. The Morgan fingerprint density at radius 3 is 2.37 bits per heavy atom. The van der Waals surface area contributed by atoms with Crippen molar-refractivity contribution in [1.82, 2.24) is 0 Å². The molecular formula is C25H40O5. The van der Waals surface area contributed by atoms with E-state index in [9.17, 15) is 14.7 Å². The average molecular weight is 421 g/mol. The lowest BCUT2D eigenvalue weighted by molar-refractivity contribution is -0.211. The summed E-state index contributed by atoms with van der Waals surface area (Å²) in [5.74, 6) is 1.85. The zero-order valence-electron chi connectivity index (χ0n) is 19.2. The number of rotatable bonds is 4. The quantitative estimate of drug-likeness (QED) is 0.671. The van der Waals surface area contributed by atoms with Crippen molar-refractivity contribution in [1.29, 1.82) is 0 Å². The fraction of sp³-hybridized carbons (Fsp3) is 0.920. The largest absolute Gasteiger partial charge is 0.462 e. The van der Waals surface area contributed by atoms with Crippen molar-refractivity contribution in [3.63, 3.8) is 0 Å². The molecule has 0 aromatic carbocycles. The minimum atomic E-state index is -1.14. The van der Waals surface area contributed by atoms with Crippen molar-refractivity contribution in [3.8, 4) is 0 Å². The highest BCUT2D eigenvalue weighted by molar-refractivity contribution is 5.67. The Morgan fingerprint density at radius 1 is 0.933 bits per heavy atom. The van der Waals surface area contributed by atoms with Crippen molar-refractivity contribution in [2.24, 2.45) is 34.5 Å². The second kappa shape index (κ2) is 7.79. The third kappa shape index (κ3) is 3.30. The van der Waals surface area contributed by atoms with Gasteiger partial charge < -0.3 is 14.6 Å². The van der Waals surface area contributed by atoms with E-state index in [2.05, 4.69) is 13.8 Å². The molecule has 30 heavy (non-hydrogen) atoms. The Kier molecular flexibility index (Phi) is 5.74. The summed E-state index contributed by atoms with van der Waals surface area (Å²) >= 11 is 0. The van der Waals surface area contributed by atoms with Gasteiger partial charge >= 0.3 is 11.9 Å². The minimum Gasteiger partial charge on any atom is -0.462 e. The molecule has 0 amide bonds. The average Bonchev–Trinajstić information content (AvgIpc) is 2.96. The minimum absolute atomic E-state index is 0.0678. The monoisotopic (exact) mass is 420 g/mol. The topological polar surface area (TPSA) is 72.8 Å². The number of fused-ring (bicyclic) bond motifs is 5. The van der Waals surface area contributed by atoms with E-state index in [-0.39, 0.29) is 12.0 Å². The number of hydrogen-bond acceptors (Lipinski definition) is 5. The van der Waals surface area contributed by atoms with Gasteiger partial charge in [0.2, 0.25) is 0 Å². The maximum absolute atomic E-state index is 12.0. The van der Waals surface area contributed by atoms with Crippen LogP contribution in [0.5, 0.6) is 0 Å². The third-order valence-corrected chi connectivity index (χ3v) is 10.1. The second-order valence-corrected chi connectivity index (χ2v) is 11.2. The Hall–Kier alpha value is -1.10. The van der Waals surface area contributed by atoms with Gasteiger partial charge in [-0.05, 0) is 80.5 Å². The lowest BCUT2D eigenvalue weighted by Gasteiger charge is -2.61. The van der Waals surface area contributed by atoms with E-state index in [0.29, 0.717) is 23.7 Å². The first-order valence-electron chi connectivity index (χ1n) is 12.1. The van der Waals surface area contributed by atoms with Crippen LogP contribution >= 0.6 is 0 Å². The molecule has 0 saturated heterocycles. The van der Waals surface area contributed by atoms with Gasteiger partial charge in [-0.1, -0.05) is 26.7 Å². The van der Waals surface area contributed by atoms with E-state index in [1.54, 1.807) is 0 Å². The number of carbonyl (C=O) groups excluding carboxylic acids is 2. The molecule has 4 aliphatic carbocycles. The lowest BCUT2D eigenvalue weighted by atomic mass is 9.44. The Balaban J connectivity index is 1.60. The summed E-state index contributed by atoms with van der Waals surface area (Å²) in [7, 11) is 0. The van der Waals surface area contributed by atoms with Crippen LogP contribution in [0.1, 0.15) is 91.9 Å². The van der Waals surface area contributed by atoms with Crippen LogP contribution in [-0.4, -0.2) is 35.4 Å². The van der Waals surface area contributed by atoms with Gasteiger partial charge in [0, 0.05) is 19.3 Å². The molecule has 1 N–H and O–H groups in total. The molecule has 0 radical (unpaired) electrons. The fourth-order valence-electron chi connectivity index (χ4n) is 8.54. The molecule has 8 atom stereocenters. The van der Waals surface area contributed by atoms with Gasteiger partial charge in [0.05, 0.1) is 0 Å². The third-order valence-electron chi connectivity index (χ3n) is 10.1. The van der Waals surface area contributed by atoms with E-state index < -0.39 is 23.6 Å². The molecule has 5 heteroatoms.